The summed E-state index contributed by atoms with van der Waals surface area (Å²) in [7, 11) is 0. The lowest BCUT2D eigenvalue weighted by Crippen LogP contribution is -2.29. The van der Waals surface area contributed by atoms with Gasteiger partial charge >= 0.3 is 0 Å². The van der Waals surface area contributed by atoms with E-state index >= 15 is 0 Å². The van der Waals surface area contributed by atoms with Crippen LogP contribution in [0.2, 0.25) is 0 Å². The maximum atomic E-state index is 12.6. The van der Waals surface area contributed by atoms with Crippen molar-refractivity contribution in [3.05, 3.63) is 73.3 Å². The summed E-state index contributed by atoms with van der Waals surface area (Å²) in [6.07, 6.45) is 1.91. The molecule has 4 nitrogen and oxygen atoms in total. The molecule has 1 N–H and O–H groups in total. The molecule has 4 heteroatoms. The van der Waals surface area contributed by atoms with Gasteiger partial charge in [-0.2, -0.15) is 0 Å². The van der Waals surface area contributed by atoms with Crippen LogP contribution >= 0.6 is 0 Å². The fourth-order valence-corrected chi connectivity index (χ4v) is 2.20. The van der Waals surface area contributed by atoms with Crippen LogP contribution in [0, 0.1) is 0 Å². The number of hydrogen-bond donors (Lipinski definition) is 1. The minimum absolute atomic E-state index is 0.115. The number of carbonyl (C=O) groups is 2. The number of benzene rings is 2. The highest BCUT2D eigenvalue weighted by Crippen LogP contribution is 2.26. The lowest BCUT2D eigenvalue weighted by Gasteiger charge is -2.23. The van der Waals surface area contributed by atoms with E-state index in [1.807, 2.05) is 60.7 Å². The van der Waals surface area contributed by atoms with Gasteiger partial charge < -0.3 is 5.32 Å². The number of amides is 2. The number of para-hydroxylation sites is 2. The quantitative estimate of drug-likeness (QED) is 0.797. The van der Waals surface area contributed by atoms with Gasteiger partial charge in [0.05, 0.1) is 0 Å². The van der Waals surface area contributed by atoms with Crippen LogP contribution in [0.15, 0.2) is 73.3 Å². The number of nitrogens with zero attached hydrogens (tertiary/aromatic N) is 1. The first-order valence-electron chi connectivity index (χ1n) is 7.53. The molecule has 0 saturated carbocycles. The summed E-state index contributed by atoms with van der Waals surface area (Å²) in [5.41, 5.74) is 1.57. The third-order valence-electron chi connectivity index (χ3n) is 3.29. The molecule has 2 amide bonds. The summed E-state index contributed by atoms with van der Waals surface area (Å²) in [6.45, 7) is 3.96. The molecule has 0 spiro atoms. The van der Waals surface area contributed by atoms with E-state index in [9.17, 15) is 9.59 Å². The normalized spacial score (nSPS) is 9.91. The van der Waals surface area contributed by atoms with Crippen LogP contribution < -0.4 is 10.2 Å². The van der Waals surface area contributed by atoms with E-state index < -0.39 is 0 Å². The molecule has 0 aliphatic rings. The number of hydrogen-bond acceptors (Lipinski definition) is 2. The fraction of sp³-hybridized carbons (Fsp3) is 0.158. The van der Waals surface area contributed by atoms with E-state index in [1.165, 1.54) is 0 Å². The van der Waals surface area contributed by atoms with Gasteiger partial charge in [0.15, 0.2) is 0 Å². The van der Waals surface area contributed by atoms with Gasteiger partial charge in [0, 0.05) is 30.8 Å². The van der Waals surface area contributed by atoms with Crippen molar-refractivity contribution in [1.82, 2.24) is 5.32 Å². The van der Waals surface area contributed by atoms with Crippen molar-refractivity contribution < 1.29 is 9.59 Å². The van der Waals surface area contributed by atoms with Crippen molar-refractivity contribution in [1.29, 1.82) is 0 Å². The predicted octanol–water partition coefficient (Wildman–Crippen LogP) is 3.43. The SMILES string of the molecule is C=CCNC(=O)CCC(=O)N(c1ccccc1)c1ccccc1. The van der Waals surface area contributed by atoms with Crippen LogP contribution in [0.4, 0.5) is 11.4 Å². The molecule has 0 aromatic heterocycles. The monoisotopic (exact) mass is 308 g/mol. The Balaban J connectivity index is 2.13. The largest absolute Gasteiger partial charge is 0.353 e. The van der Waals surface area contributed by atoms with Gasteiger partial charge in [-0.1, -0.05) is 42.5 Å². The van der Waals surface area contributed by atoms with Gasteiger partial charge in [0.2, 0.25) is 11.8 Å². The second kappa shape index (κ2) is 8.54. The van der Waals surface area contributed by atoms with Gasteiger partial charge in [0.1, 0.15) is 0 Å². The Bertz CT molecular complexity index is 614. The van der Waals surface area contributed by atoms with Crippen LogP contribution in [-0.2, 0) is 9.59 Å². The van der Waals surface area contributed by atoms with Crippen LogP contribution in [0.3, 0.4) is 0 Å². The molecule has 2 aromatic carbocycles. The lowest BCUT2D eigenvalue weighted by atomic mass is 10.2. The summed E-state index contributed by atoms with van der Waals surface area (Å²) in [4.78, 5) is 26.0. The molecule has 0 radical (unpaired) electrons. The van der Waals surface area contributed by atoms with Crippen molar-refractivity contribution in [2.45, 2.75) is 12.8 Å². The van der Waals surface area contributed by atoms with Gasteiger partial charge in [-0.15, -0.1) is 6.58 Å². The number of carbonyl (C=O) groups excluding carboxylic acids is 2. The first-order chi connectivity index (χ1) is 11.2. The molecule has 0 saturated heterocycles. The first kappa shape index (κ1) is 16.5. The highest BCUT2D eigenvalue weighted by molar-refractivity contribution is 6.01. The zero-order chi connectivity index (χ0) is 16.5. The number of rotatable bonds is 7. The molecule has 0 bridgehead atoms. The molecule has 0 fully saturated rings. The van der Waals surface area contributed by atoms with Crippen molar-refractivity contribution in [3.63, 3.8) is 0 Å². The zero-order valence-corrected chi connectivity index (χ0v) is 12.9. The molecular formula is C19H20N2O2. The lowest BCUT2D eigenvalue weighted by molar-refractivity contribution is -0.124. The second-order valence-corrected chi connectivity index (χ2v) is 4.99. The standard InChI is InChI=1S/C19H20N2O2/c1-2-15-20-18(22)13-14-19(23)21(16-9-5-3-6-10-16)17-11-7-4-8-12-17/h2-12H,1,13-15H2,(H,20,22). The Morgan fingerprint density at radius 3 is 1.91 bits per heavy atom. The van der Waals surface area contributed by atoms with E-state index in [4.69, 9.17) is 0 Å². The summed E-state index contributed by atoms with van der Waals surface area (Å²) < 4.78 is 0. The van der Waals surface area contributed by atoms with E-state index in [2.05, 4.69) is 11.9 Å². The minimum Gasteiger partial charge on any atom is -0.353 e. The third-order valence-corrected chi connectivity index (χ3v) is 3.29. The van der Waals surface area contributed by atoms with Crippen molar-refractivity contribution in [2.75, 3.05) is 11.4 Å². The summed E-state index contributed by atoms with van der Waals surface area (Å²) >= 11 is 0. The Morgan fingerprint density at radius 2 is 1.43 bits per heavy atom. The minimum atomic E-state index is -0.153. The van der Waals surface area contributed by atoms with Gasteiger partial charge in [-0.05, 0) is 24.3 Å². The Labute approximate surface area is 136 Å². The van der Waals surface area contributed by atoms with Crippen molar-refractivity contribution in [2.24, 2.45) is 0 Å². The van der Waals surface area contributed by atoms with Gasteiger partial charge in [-0.3, -0.25) is 14.5 Å². The Kier molecular flexibility index (Phi) is 6.12. The predicted molar refractivity (Wildman–Crippen MR) is 92.5 cm³/mol. The average molecular weight is 308 g/mol. The van der Waals surface area contributed by atoms with E-state index in [1.54, 1.807) is 11.0 Å². The van der Waals surface area contributed by atoms with E-state index in [0.717, 1.165) is 11.4 Å². The molecule has 23 heavy (non-hydrogen) atoms. The Hall–Kier alpha value is -2.88. The molecule has 0 aliphatic carbocycles. The van der Waals surface area contributed by atoms with Crippen molar-refractivity contribution in [3.8, 4) is 0 Å². The molecule has 0 unspecified atom stereocenters. The topological polar surface area (TPSA) is 49.4 Å². The van der Waals surface area contributed by atoms with Gasteiger partial charge in [-0.25, -0.2) is 0 Å². The molecule has 0 heterocycles. The van der Waals surface area contributed by atoms with Crippen LogP contribution in [-0.4, -0.2) is 18.4 Å². The zero-order valence-electron chi connectivity index (χ0n) is 12.9. The van der Waals surface area contributed by atoms with E-state index in [0.29, 0.717) is 6.54 Å². The van der Waals surface area contributed by atoms with Crippen molar-refractivity contribution >= 4 is 23.2 Å². The smallest absolute Gasteiger partial charge is 0.232 e. The molecule has 118 valence electrons. The first-order valence-corrected chi connectivity index (χ1v) is 7.53. The van der Waals surface area contributed by atoms with Crippen LogP contribution in [0.25, 0.3) is 0 Å². The van der Waals surface area contributed by atoms with Crippen LogP contribution in [0.5, 0.6) is 0 Å². The molecule has 0 aliphatic heterocycles. The maximum absolute atomic E-state index is 12.6. The fourth-order valence-electron chi connectivity index (χ4n) is 2.20. The molecule has 2 rings (SSSR count). The second-order valence-electron chi connectivity index (χ2n) is 4.99. The molecule has 0 atom stereocenters. The summed E-state index contributed by atoms with van der Waals surface area (Å²) in [5, 5.41) is 2.68. The molecule has 2 aromatic rings. The van der Waals surface area contributed by atoms with E-state index in [-0.39, 0.29) is 24.7 Å². The average Bonchev–Trinajstić information content (AvgIpc) is 2.60. The summed E-state index contributed by atoms with van der Waals surface area (Å²) in [5.74, 6) is -0.268. The van der Waals surface area contributed by atoms with Gasteiger partial charge in [0.25, 0.3) is 0 Å². The van der Waals surface area contributed by atoms with Crippen LogP contribution in [0.1, 0.15) is 12.8 Å². The maximum Gasteiger partial charge on any atom is 0.232 e. The number of anilines is 2. The highest BCUT2D eigenvalue weighted by atomic mass is 16.2. The Morgan fingerprint density at radius 1 is 0.913 bits per heavy atom. The number of nitrogens with one attached hydrogen (secondary N) is 1. The third kappa shape index (κ3) is 4.81. The summed E-state index contributed by atoms with van der Waals surface area (Å²) in [6, 6.07) is 18.9. The highest BCUT2D eigenvalue weighted by Gasteiger charge is 2.18. The molecular weight excluding hydrogens is 288 g/mol.